The zero-order valence-electron chi connectivity index (χ0n) is 7.37. The van der Waals surface area contributed by atoms with Crippen molar-refractivity contribution in [3.05, 3.63) is 18.2 Å². The van der Waals surface area contributed by atoms with E-state index in [9.17, 15) is 4.79 Å². The Hall–Kier alpha value is -1.32. The fourth-order valence-electron chi connectivity index (χ4n) is 0.872. The SMILES string of the molecule is CCC(=O)NCc1cn(C)cn1. The average molecular weight is 167 g/mol. The third-order valence-corrected chi connectivity index (χ3v) is 1.55. The molecule has 0 aliphatic rings. The number of aryl methyl sites for hydroxylation is 1. The zero-order chi connectivity index (χ0) is 8.97. The molecule has 1 heterocycles. The molecule has 4 nitrogen and oxygen atoms in total. The highest BCUT2D eigenvalue weighted by Gasteiger charge is 1.98. The molecule has 0 aliphatic carbocycles. The standard InChI is InChI=1S/C8H13N3O/c1-3-8(12)9-4-7-5-11(2)6-10-7/h5-6H,3-4H2,1-2H3,(H,9,12). The van der Waals surface area contributed by atoms with Gasteiger partial charge in [0.2, 0.25) is 5.91 Å². The number of rotatable bonds is 3. The van der Waals surface area contributed by atoms with Crippen LogP contribution in [0.15, 0.2) is 12.5 Å². The topological polar surface area (TPSA) is 46.9 Å². The quantitative estimate of drug-likeness (QED) is 0.710. The molecule has 0 aliphatic heterocycles. The predicted octanol–water partition coefficient (Wildman–Crippen LogP) is 0.446. The van der Waals surface area contributed by atoms with E-state index in [-0.39, 0.29) is 5.91 Å². The third kappa shape index (κ3) is 2.38. The number of nitrogens with one attached hydrogen (secondary N) is 1. The summed E-state index contributed by atoms with van der Waals surface area (Å²) in [6.07, 6.45) is 4.12. The van der Waals surface area contributed by atoms with E-state index >= 15 is 0 Å². The molecule has 1 aromatic rings. The molecule has 1 N–H and O–H groups in total. The minimum absolute atomic E-state index is 0.0562. The van der Waals surface area contributed by atoms with E-state index in [0.717, 1.165) is 5.69 Å². The summed E-state index contributed by atoms with van der Waals surface area (Å²) in [6.45, 7) is 2.35. The maximum absolute atomic E-state index is 10.8. The lowest BCUT2D eigenvalue weighted by Crippen LogP contribution is -2.21. The third-order valence-electron chi connectivity index (χ3n) is 1.55. The summed E-state index contributed by atoms with van der Waals surface area (Å²) in [5.41, 5.74) is 0.888. The Bertz CT molecular complexity index is 267. The van der Waals surface area contributed by atoms with Crippen LogP contribution in [0.2, 0.25) is 0 Å². The second kappa shape index (κ2) is 3.90. The Morgan fingerprint density at radius 3 is 3.00 bits per heavy atom. The normalized spacial score (nSPS) is 9.83. The van der Waals surface area contributed by atoms with E-state index in [1.165, 1.54) is 0 Å². The molecule has 0 spiro atoms. The Kier molecular flexibility index (Phi) is 2.85. The molecule has 1 amide bonds. The maximum atomic E-state index is 10.8. The van der Waals surface area contributed by atoms with Crippen molar-refractivity contribution in [3.63, 3.8) is 0 Å². The molecule has 0 fully saturated rings. The van der Waals surface area contributed by atoms with Gasteiger partial charge in [-0.3, -0.25) is 4.79 Å². The molecule has 4 heteroatoms. The van der Waals surface area contributed by atoms with Crippen molar-refractivity contribution in [1.82, 2.24) is 14.9 Å². The molecule has 1 aromatic heterocycles. The van der Waals surface area contributed by atoms with Gasteiger partial charge >= 0.3 is 0 Å². The molecule has 1 rings (SSSR count). The van der Waals surface area contributed by atoms with Gasteiger partial charge in [-0.25, -0.2) is 4.98 Å². The molecular weight excluding hydrogens is 154 g/mol. The lowest BCUT2D eigenvalue weighted by atomic mass is 10.4. The zero-order valence-corrected chi connectivity index (χ0v) is 7.37. The summed E-state index contributed by atoms with van der Waals surface area (Å²) >= 11 is 0. The molecule has 12 heavy (non-hydrogen) atoms. The monoisotopic (exact) mass is 167 g/mol. The van der Waals surface area contributed by atoms with E-state index in [4.69, 9.17) is 0 Å². The minimum Gasteiger partial charge on any atom is -0.350 e. The van der Waals surface area contributed by atoms with Gasteiger partial charge in [0.1, 0.15) is 0 Å². The summed E-state index contributed by atoms with van der Waals surface area (Å²) in [7, 11) is 1.90. The van der Waals surface area contributed by atoms with Crippen LogP contribution in [-0.4, -0.2) is 15.5 Å². The van der Waals surface area contributed by atoms with Gasteiger partial charge in [-0.05, 0) is 0 Å². The van der Waals surface area contributed by atoms with E-state index in [1.807, 2.05) is 24.7 Å². The van der Waals surface area contributed by atoms with Gasteiger partial charge in [0, 0.05) is 19.7 Å². The van der Waals surface area contributed by atoms with Crippen LogP contribution < -0.4 is 5.32 Å². The maximum Gasteiger partial charge on any atom is 0.220 e. The van der Waals surface area contributed by atoms with Gasteiger partial charge in [0.05, 0.1) is 18.6 Å². The Morgan fingerprint density at radius 1 is 1.75 bits per heavy atom. The van der Waals surface area contributed by atoms with Crippen LogP contribution >= 0.6 is 0 Å². The molecule has 0 aromatic carbocycles. The lowest BCUT2D eigenvalue weighted by Gasteiger charge is -1.98. The van der Waals surface area contributed by atoms with Crippen LogP contribution in [0.25, 0.3) is 0 Å². The first-order valence-electron chi connectivity index (χ1n) is 3.96. The Labute approximate surface area is 71.6 Å². The molecule has 0 saturated heterocycles. The number of hydrogen-bond donors (Lipinski definition) is 1. The van der Waals surface area contributed by atoms with Crippen LogP contribution in [0, 0.1) is 0 Å². The second-order valence-electron chi connectivity index (χ2n) is 2.66. The van der Waals surface area contributed by atoms with Crippen LogP contribution in [0.3, 0.4) is 0 Å². The van der Waals surface area contributed by atoms with E-state index < -0.39 is 0 Å². The number of carbonyl (C=O) groups excluding carboxylic acids is 1. The smallest absolute Gasteiger partial charge is 0.220 e. The first-order valence-corrected chi connectivity index (χ1v) is 3.96. The van der Waals surface area contributed by atoms with Crippen molar-refractivity contribution in [2.24, 2.45) is 7.05 Å². The highest BCUT2D eigenvalue weighted by molar-refractivity contribution is 5.75. The summed E-state index contributed by atoms with van der Waals surface area (Å²) in [5, 5.41) is 2.75. The molecule has 66 valence electrons. The number of nitrogens with zero attached hydrogens (tertiary/aromatic N) is 2. The van der Waals surface area contributed by atoms with Crippen LogP contribution in [-0.2, 0) is 18.4 Å². The summed E-state index contributed by atoms with van der Waals surface area (Å²) < 4.78 is 1.85. The fraction of sp³-hybridized carbons (Fsp3) is 0.500. The summed E-state index contributed by atoms with van der Waals surface area (Å²) in [4.78, 5) is 14.9. The van der Waals surface area contributed by atoms with Gasteiger partial charge in [0.25, 0.3) is 0 Å². The number of hydrogen-bond acceptors (Lipinski definition) is 2. The highest BCUT2D eigenvalue weighted by Crippen LogP contribution is 1.92. The van der Waals surface area contributed by atoms with Crippen molar-refractivity contribution in [3.8, 4) is 0 Å². The molecule has 0 atom stereocenters. The number of carbonyl (C=O) groups is 1. The first kappa shape index (κ1) is 8.77. The summed E-state index contributed by atoms with van der Waals surface area (Å²) in [6, 6.07) is 0. The van der Waals surface area contributed by atoms with Crippen LogP contribution in [0.5, 0.6) is 0 Å². The average Bonchev–Trinajstić information content (AvgIpc) is 2.47. The van der Waals surface area contributed by atoms with Gasteiger partial charge in [-0.2, -0.15) is 0 Å². The number of aromatic nitrogens is 2. The molecule has 0 bridgehead atoms. The van der Waals surface area contributed by atoms with Crippen molar-refractivity contribution in [2.75, 3.05) is 0 Å². The van der Waals surface area contributed by atoms with Gasteiger partial charge in [-0.1, -0.05) is 6.92 Å². The largest absolute Gasteiger partial charge is 0.350 e. The van der Waals surface area contributed by atoms with E-state index in [1.54, 1.807) is 6.33 Å². The van der Waals surface area contributed by atoms with E-state index in [2.05, 4.69) is 10.3 Å². The van der Waals surface area contributed by atoms with Gasteiger partial charge < -0.3 is 9.88 Å². The molecular formula is C8H13N3O. The van der Waals surface area contributed by atoms with Crippen molar-refractivity contribution >= 4 is 5.91 Å². The minimum atomic E-state index is 0.0562. The summed E-state index contributed by atoms with van der Waals surface area (Å²) in [5.74, 6) is 0.0562. The number of imidazole rings is 1. The Morgan fingerprint density at radius 2 is 2.50 bits per heavy atom. The molecule has 0 unspecified atom stereocenters. The molecule has 0 saturated carbocycles. The van der Waals surface area contributed by atoms with Crippen molar-refractivity contribution < 1.29 is 4.79 Å². The fourth-order valence-corrected chi connectivity index (χ4v) is 0.872. The first-order chi connectivity index (χ1) is 5.72. The highest BCUT2D eigenvalue weighted by atomic mass is 16.1. The van der Waals surface area contributed by atoms with Crippen LogP contribution in [0.1, 0.15) is 19.0 Å². The van der Waals surface area contributed by atoms with Crippen LogP contribution in [0.4, 0.5) is 0 Å². The lowest BCUT2D eigenvalue weighted by molar-refractivity contribution is -0.120. The van der Waals surface area contributed by atoms with Crippen molar-refractivity contribution in [1.29, 1.82) is 0 Å². The second-order valence-corrected chi connectivity index (χ2v) is 2.66. The van der Waals surface area contributed by atoms with E-state index in [0.29, 0.717) is 13.0 Å². The van der Waals surface area contributed by atoms with Crippen molar-refractivity contribution in [2.45, 2.75) is 19.9 Å². The van der Waals surface area contributed by atoms with Gasteiger partial charge in [-0.15, -0.1) is 0 Å². The van der Waals surface area contributed by atoms with Gasteiger partial charge in [0.15, 0.2) is 0 Å². The molecule has 0 radical (unpaired) electrons. The predicted molar refractivity (Wildman–Crippen MR) is 45.3 cm³/mol. The number of amides is 1. The Balaban J connectivity index is 2.38.